The highest BCUT2D eigenvalue weighted by Gasteiger charge is 2.23. The minimum atomic E-state index is 0.716. The van der Waals surface area contributed by atoms with Crippen molar-refractivity contribution in [2.75, 3.05) is 19.6 Å². The molecule has 0 aromatic rings. The van der Waals surface area contributed by atoms with Crippen LogP contribution in [0.1, 0.15) is 66.2 Å². The van der Waals surface area contributed by atoms with Gasteiger partial charge in [0.1, 0.15) is 0 Å². The first-order chi connectivity index (χ1) is 8.59. The minimum absolute atomic E-state index is 0.716. The normalized spacial score (nSPS) is 21.3. The fraction of sp³-hybridized carbons (Fsp3) is 1.00. The van der Waals surface area contributed by atoms with Crippen LogP contribution in [0.3, 0.4) is 0 Å². The molecule has 0 aliphatic carbocycles. The first-order valence-corrected chi connectivity index (χ1v) is 8.07. The van der Waals surface area contributed by atoms with Crippen LogP contribution in [0.5, 0.6) is 0 Å². The van der Waals surface area contributed by atoms with Crippen LogP contribution in [0.2, 0.25) is 0 Å². The Kier molecular flexibility index (Phi) is 7.92. The number of unbranched alkanes of at least 4 members (excludes halogenated alkanes) is 3. The van der Waals surface area contributed by atoms with Crippen molar-refractivity contribution < 1.29 is 0 Å². The first-order valence-electron chi connectivity index (χ1n) is 8.07. The molecule has 1 heterocycles. The highest BCUT2D eigenvalue weighted by atomic mass is 15.2. The number of hydrogen-bond donors (Lipinski definition) is 1. The minimum Gasteiger partial charge on any atom is -0.313 e. The first kappa shape index (κ1) is 16.0. The van der Waals surface area contributed by atoms with Crippen LogP contribution in [-0.2, 0) is 0 Å². The van der Waals surface area contributed by atoms with E-state index >= 15 is 0 Å². The Morgan fingerprint density at radius 2 is 1.78 bits per heavy atom. The maximum atomic E-state index is 3.72. The molecule has 1 unspecified atom stereocenters. The largest absolute Gasteiger partial charge is 0.313 e. The van der Waals surface area contributed by atoms with Crippen molar-refractivity contribution in [2.45, 2.75) is 78.3 Å². The van der Waals surface area contributed by atoms with Crippen molar-refractivity contribution in [3.63, 3.8) is 0 Å². The number of hydrogen-bond acceptors (Lipinski definition) is 2. The lowest BCUT2D eigenvalue weighted by Crippen LogP contribution is -2.35. The van der Waals surface area contributed by atoms with Gasteiger partial charge in [-0.3, -0.25) is 4.90 Å². The Morgan fingerprint density at radius 3 is 2.39 bits per heavy atom. The molecule has 0 spiro atoms. The van der Waals surface area contributed by atoms with Gasteiger partial charge >= 0.3 is 0 Å². The molecule has 0 bridgehead atoms. The molecule has 0 saturated carbocycles. The second-order valence-electron chi connectivity index (χ2n) is 6.63. The summed E-state index contributed by atoms with van der Waals surface area (Å²) in [6, 6.07) is 1.47. The van der Waals surface area contributed by atoms with Crippen LogP contribution >= 0.6 is 0 Å². The van der Waals surface area contributed by atoms with Crippen LogP contribution in [-0.4, -0.2) is 36.6 Å². The van der Waals surface area contributed by atoms with Crippen LogP contribution in [0.25, 0.3) is 0 Å². The third-order valence-corrected chi connectivity index (χ3v) is 4.09. The Labute approximate surface area is 115 Å². The van der Waals surface area contributed by atoms with E-state index in [0.29, 0.717) is 6.04 Å². The van der Waals surface area contributed by atoms with E-state index < -0.39 is 0 Å². The highest BCUT2D eigenvalue weighted by Crippen LogP contribution is 2.13. The molecule has 2 nitrogen and oxygen atoms in total. The summed E-state index contributed by atoms with van der Waals surface area (Å²) in [4.78, 5) is 2.58. The van der Waals surface area contributed by atoms with E-state index in [0.717, 1.165) is 12.0 Å². The third kappa shape index (κ3) is 6.75. The monoisotopic (exact) mass is 254 g/mol. The molecule has 0 aromatic carbocycles. The summed E-state index contributed by atoms with van der Waals surface area (Å²) in [5.74, 6) is 0.878. The van der Waals surface area contributed by atoms with E-state index in [1.54, 1.807) is 0 Å². The van der Waals surface area contributed by atoms with Gasteiger partial charge in [-0.25, -0.2) is 0 Å². The molecule has 2 heteroatoms. The Morgan fingerprint density at radius 1 is 1.06 bits per heavy atom. The Balaban J connectivity index is 1.90. The van der Waals surface area contributed by atoms with Crippen molar-refractivity contribution in [1.29, 1.82) is 0 Å². The Hall–Kier alpha value is -0.0800. The fourth-order valence-electron chi connectivity index (χ4n) is 2.76. The maximum Gasteiger partial charge on any atom is 0.0207 e. The lowest BCUT2D eigenvalue weighted by Gasteiger charge is -2.20. The standard InChI is InChI=1S/C16H34N2/c1-14(2)9-7-5-6-8-11-17-16-10-12-18(13-16)15(3)4/h14-17H,5-13H2,1-4H3. The van der Waals surface area contributed by atoms with Gasteiger partial charge in [-0.2, -0.15) is 0 Å². The predicted molar refractivity (Wildman–Crippen MR) is 81.0 cm³/mol. The Bertz CT molecular complexity index is 201. The van der Waals surface area contributed by atoms with E-state index in [1.165, 1.54) is 58.2 Å². The lowest BCUT2D eigenvalue weighted by molar-refractivity contribution is 0.268. The molecular formula is C16H34N2. The zero-order chi connectivity index (χ0) is 13.4. The summed E-state index contributed by atoms with van der Waals surface area (Å²) in [6.07, 6.45) is 8.34. The van der Waals surface area contributed by atoms with E-state index in [1.807, 2.05) is 0 Å². The van der Waals surface area contributed by atoms with Crippen molar-refractivity contribution in [3.8, 4) is 0 Å². The summed E-state index contributed by atoms with van der Waals surface area (Å²) in [7, 11) is 0. The quantitative estimate of drug-likeness (QED) is 0.632. The molecule has 1 N–H and O–H groups in total. The van der Waals surface area contributed by atoms with E-state index in [4.69, 9.17) is 0 Å². The molecule has 0 radical (unpaired) electrons. The van der Waals surface area contributed by atoms with E-state index in [9.17, 15) is 0 Å². The van der Waals surface area contributed by atoms with E-state index in [2.05, 4.69) is 37.9 Å². The molecule has 18 heavy (non-hydrogen) atoms. The van der Waals surface area contributed by atoms with Gasteiger partial charge in [-0.05, 0) is 45.7 Å². The molecular weight excluding hydrogens is 220 g/mol. The molecule has 0 amide bonds. The van der Waals surface area contributed by atoms with Gasteiger partial charge in [-0.1, -0.05) is 39.5 Å². The second kappa shape index (κ2) is 8.92. The van der Waals surface area contributed by atoms with Gasteiger partial charge in [0.05, 0.1) is 0 Å². The van der Waals surface area contributed by atoms with Crippen molar-refractivity contribution >= 4 is 0 Å². The van der Waals surface area contributed by atoms with Crippen molar-refractivity contribution in [3.05, 3.63) is 0 Å². The van der Waals surface area contributed by atoms with Crippen molar-refractivity contribution in [1.82, 2.24) is 10.2 Å². The maximum absolute atomic E-state index is 3.72. The number of rotatable bonds is 9. The zero-order valence-corrected chi connectivity index (χ0v) is 13.0. The summed E-state index contributed by atoms with van der Waals surface area (Å²) in [6.45, 7) is 13.0. The summed E-state index contributed by atoms with van der Waals surface area (Å²) >= 11 is 0. The molecule has 0 aromatic heterocycles. The van der Waals surface area contributed by atoms with Crippen LogP contribution < -0.4 is 5.32 Å². The SMILES string of the molecule is CC(C)CCCCCCNC1CCN(C(C)C)C1. The van der Waals surface area contributed by atoms with Crippen LogP contribution in [0.4, 0.5) is 0 Å². The molecule has 1 saturated heterocycles. The zero-order valence-electron chi connectivity index (χ0n) is 13.0. The van der Waals surface area contributed by atoms with Gasteiger partial charge in [0.15, 0.2) is 0 Å². The number of likely N-dealkylation sites (tertiary alicyclic amines) is 1. The highest BCUT2D eigenvalue weighted by molar-refractivity contribution is 4.82. The molecule has 1 atom stereocenters. The number of nitrogens with one attached hydrogen (secondary N) is 1. The molecule has 1 aliphatic heterocycles. The van der Waals surface area contributed by atoms with Gasteiger partial charge in [-0.15, -0.1) is 0 Å². The number of nitrogens with zero attached hydrogens (tertiary/aromatic N) is 1. The topological polar surface area (TPSA) is 15.3 Å². The van der Waals surface area contributed by atoms with Gasteiger partial charge in [0, 0.05) is 18.6 Å². The average molecular weight is 254 g/mol. The summed E-state index contributed by atoms with van der Waals surface area (Å²) < 4.78 is 0. The van der Waals surface area contributed by atoms with Crippen molar-refractivity contribution in [2.24, 2.45) is 5.92 Å². The second-order valence-corrected chi connectivity index (χ2v) is 6.63. The predicted octanol–water partition coefficient (Wildman–Crippen LogP) is 3.67. The molecule has 1 fully saturated rings. The smallest absolute Gasteiger partial charge is 0.0207 e. The van der Waals surface area contributed by atoms with Crippen LogP contribution in [0.15, 0.2) is 0 Å². The lowest BCUT2D eigenvalue weighted by atomic mass is 10.0. The fourth-order valence-corrected chi connectivity index (χ4v) is 2.76. The van der Waals surface area contributed by atoms with Crippen LogP contribution in [0, 0.1) is 5.92 Å². The van der Waals surface area contributed by atoms with Gasteiger partial charge in [0.2, 0.25) is 0 Å². The van der Waals surface area contributed by atoms with Gasteiger partial charge < -0.3 is 5.32 Å². The summed E-state index contributed by atoms with van der Waals surface area (Å²) in [5, 5.41) is 3.72. The molecule has 1 rings (SSSR count). The van der Waals surface area contributed by atoms with Gasteiger partial charge in [0.25, 0.3) is 0 Å². The molecule has 108 valence electrons. The molecule has 1 aliphatic rings. The summed E-state index contributed by atoms with van der Waals surface area (Å²) in [5.41, 5.74) is 0. The average Bonchev–Trinajstić information content (AvgIpc) is 2.76. The van der Waals surface area contributed by atoms with E-state index in [-0.39, 0.29) is 0 Å². The third-order valence-electron chi connectivity index (χ3n) is 4.09.